The highest BCUT2D eigenvalue weighted by atomic mass is 19.3. The summed E-state index contributed by atoms with van der Waals surface area (Å²) in [6.45, 7) is 3.38. The quantitative estimate of drug-likeness (QED) is 0.819. The van der Waals surface area contributed by atoms with Gasteiger partial charge in [0.1, 0.15) is 0 Å². The van der Waals surface area contributed by atoms with E-state index in [-0.39, 0.29) is 36.4 Å². The van der Waals surface area contributed by atoms with Crippen molar-refractivity contribution in [3.8, 4) is 0 Å². The molecule has 0 radical (unpaired) electrons. The summed E-state index contributed by atoms with van der Waals surface area (Å²) in [5, 5.41) is 0. The topological polar surface area (TPSA) is 65.2 Å². The summed E-state index contributed by atoms with van der Waals surface area (Å²) in [7, 11) is 0. The summed E-state index contributed by atoms with van der Waals surface area (Å²) in [4.78, 5) is 15.4. The van der Waals surface area contributed by atoms with E-state index in [1.165, 1.54) is 6.20 Å². The van der Waals surface area contributed by atoms with E-state index in [1.807, 2.05) is 0 Å². The second-order valence-corrected chi connectivity index (χ2v) is 3.77. The van der Waals surface area contributed by atoms with Crippen LogP contribution in [0, 0.1) is 6.92 Å². The van der Waals surface area contributed by atoms with Crippen LogP contribution in [-0.2, 0) is 22.5 Å². The van der Waals surface area contributed by atoms with E-state index in [0.29, 0.717) is 5.56 Å². The average Bonchev–Trinajstić information content (AvgIpc) is 2.30. The van der Waals surface area contributed by atoms with Gasteiger partial charge in [-0.3, -0.25) is 9.78 Å². The normalized spacial score (nSPS) is 10.8. The summed E-state index contributed by atoms with van der Waals surface area (Å²) in [5.74, 6) is -0.497. The Kier molecular flexibility index (Phi) is 5.15. The smallest absolute Gasteiger partial charge is 0.311 e. The first-order valence-corrected chi connectivity index (χ1v) is 5.62. The molecule has 0 aliphatic heterocycles. The van der Waals surface area contributed by atoms with Crippen molar-refractivity contribution in [2.24, 2.45) is 5.73 Å². The number of nitrogens with zero attached hydrogens (tertiary/aromatic N) is 1. The van der Waals surface area contributed by atoms with Crippen molar-refractivity contribution < 1.29 is 18.3 Å². The molecule has 1 rings (SSSR count). The van der Waals surface area contributed by atoms with Crippen molar-refractivity contribution >= 4 is 5.97 Å². The fourth-order valence-corrected chi connectivity index (χ4v) is 1.75. The number of alkyl halides is 2. The van der Waals surface area contributed by atoms with Crippen LogP contribution in [0.3, 0.4) is 0 Å². The van der Waals surface area contributed by atoms with Gasteiger partial charge < -0.3 is 10.5 Å². The zero-order valence-electron chi connectivity index (χ0n) is 10.4. The molecule has 0 saturated heterocycles. The molecule has 0 aliphatic rings. The van der Waals surface area contributed by atoms with Gasteiger partial charge in [0.25, 0.3) is 6.43 Å². The molecule has 2 N–H and O–H groups in total. The summed E-state index contributed by atoms with van der Waals surface area (Å²) < 4.78 is 30.7. The van der Waals surface area contributed by atoms with Crippen LogP contribution < -0.4 is 5.73 Å². The molecule has 0 aliphatic carbocycles. The van der Waals surface area contributed by atoms with Crippen LogP contribution in [0.2, 0.25) is 0 Å². The first-order chi connectivity index (χ1) is 8.51. The van der Waals surface area contributed by atoms with Crippen molar-refractivity contribution in [3.63, 3.8) is 0 Å². The summed E-state index contributed by atoms with van der Waals surface area (Å²) in [6, 6.07) is 0. The van der Waals surface area contributed by atoms with Gasteiger partial charge in [-0.25, -0.2) is 8.78 Å². The Morgan fingerprint density at radius 3 is 2.72 bits per heavy atom. The molecule has 0 saturated carbocycles. The standard InChI is InChI=1S/C12H16F2N2O2/c1-3-18-10(17)4-9-8(5-15)11(12(13)14)7(2)6-16-9/h6,12H,3-5,15H2,1-2H3. The molecule has 0 aromatic carbocycles. The second-order valence-electron chi connectivity index (χ2n) is 3.77. The number of carbonyl (C=O) groups is 1. The SMILES string of the molecule is CCOC(=O)Cc1ncc(C)c(C(F)F)c1CN. The fraction of sp³-hybridized carbons (Fsp3) is 0.500. The Morgan fingerprint density at radius 1 is 1.56 bits per heavy atom. The maximum absolute atomic E-state index is 12.9. The van der Waals surface area contributed by atoms with Gasteiger partial charge in [-0.05, 0) is 25.0 Å². The Bertz CT molecular complexity index is 436. The molecule has 6 heteroatoms. The maximum Gasteiger partial charge on any atom is 0.311 e. The molecule has 1 aromatic heterocycles. The monoisotopic (exact) mass is 258 g/mol. The number of pyridine rings is 1. The Labute approximate surface area is 104 Å². The number of nitrogens with two attached hydrogens (primary N) is 1. The predicted octanol–water partition coefficient (Wildman–Crippen LogP) is 1.89. The van der Waals surface area contributed by atoms with Gasteiger partial charge in [0.05, 0.1) is 18.7 Å². The largest absolute Gasteiger partial charge is 0.466 e. The number of carbonyl (C=O) groups excluding carboxylic acids is 1. The molecule has 0 atom stereocenters. The molecule has 1 heterocycles. The lowest BCUT2D eigenvalue weighted by atomic mass is 10.0. The molecule has 0 unspecified atom stereocenters. The minimum absolute atomic E-state index is 0.0803. The molecule has 18 heavy (non-hydrogen) atoms. The molecular formula is C12H16F2N2O2. The highest BCUT2D eigenvalue weighted by Crippen LogP contribution is 2.27. The van der Waals surface area contributed by atoms with Crippen LogP contribution in [0.25, 0.3) is 0 Å². The van der Waals surface area contributed by atoms with Crippen molar-refractivity contribution in [2.75, 3.05) is 6.61 Å². The first-order valence-electron chi connectivity index (χ1n) is 5.62. The van der Waals surface area contributed by atoms with Crippen LogP contribution in [0.1, 0.15) is 35.7 Å². The number of halogens is 2. The number of rotatable bonds is 5. The van der Waals surface area contributed by atoms with E-state index >= 15 is 0 Å². The number of hydrogen-bond acceptors (Lipinski definition) is 4. The van der Waals surface area contributed by atoms with Crippen LogP contribution in [0.5, 0.6) is 0 Å². The van der Waals surface area contributed by atoms with Crippen molar-refractivity contribution in [3.05, 3.63) is 28.6 Å². The lowest BCUT2D eigenvalue weighted by Crippen LogP contribution is -2.15. The van der Waals surface area contributed by atoms with Crippen molar-refractivity contribution in [2.45, 2.75) is 33.2 Å². The molecular weight excluding hydrogens is 242 g/mol. The van der Waals surface area contributed by atoms with Gasteiger partial charge in [0.15, 0.2) is 0 Å². The Hall–Kier alpha value is -1.56. The van der Waals surface area contributed by atoms with Gasteiger partial charge >= 0.3 is 5.97 Å². The van der Waals surface area contributed by atoms with Crippen LogP contribution in [0.15, 0.2) is 6.20 Å². The van der Waals surface area contributed by atoms with E-state index in [1.54, 1.807) is 13.8 Å². The van der Waals surface area contributed by atoms with Gasteiger partial charge in [0, 0.05) is 18.3 Å². The fourth-order valence-electron chi connectivity index (χ4n) is 1.75. The lowest BCUT2D eigenvalue weighted by molar-refractivity contribution is -0.142. The highest BCUT2D eigenvalue weighted by molar-refractivity contribution is 5.72. The maximum atomic E-state index is 12.9. The first kappa shape index (κ1) is 14.5. The van der Waals surface area contributed by atoms with Crippen molar-refractivity contribution in [1.82, 2.24) is 4.98 Å². The predicted molar refractivity (Wildman–Crippen MR) is 62.2 cm³/mol. The zero-order chi connectivity index (χ0) is 13.7. The second kappa shape index (κ2) is 6.39. The van der Waals surface area contributed by atoms with E-state index in [9.17, 15) is 13.6 Å². The Balaban J connectivity index is 3.13. The minimum atomic E-state index is -2.63. The number of esters is 1. The van der Waals surface area contributed by atoms with E-state index < -0.39 is 12.4 Å². The van der Waals surface area contributed by atoms with Gasteiger partial charge in [0.2, 0.25) is 0 Å². The van der Waals surface area contributed by atoms with E-state index in [0.717, 1.165) is 0 Å². The molecule has 4 nitrogen and oxygen atoms in total. The van der Waals surface area contributed by atoms with Crippen LogP contribution in [-0.4, -0.2) is 17.6 Å². The van der Waals surface area contributed by atoms with Gasteiger partial charge in [-0.1, -0.05) is 0 Å². The van der Waals surface area contributed by atoms with Crippen LogP contribution in [0.4, 0.5) is 8.78 Å². The van der Waals surface area contributed by atoms with Gasteiger partial charge in [-0.2, -0.15) is 0 Å². The molecule has 0 bridgehead atoms. The summed E-state index contributed by atoms with van der Waals surface area (Å²) >= 11 is 0. The zero-order valence-corrected chi connectivity index (χ0v) is 10.4. The molecule has 0 amide bonds. The third-order valence-electron chi connectivity index (χ3n) is 2.55. The van der Waals surface area contributed by atoms with Gasteiger partial charge in [-0.15, -0.1) is 0 Å². The highest BCUT2D eigenvalue weighted by Gasteiger charge is 2.20. The third kappa shape index (κ3) is 3.22. The molecule has 1 aromatic rings. The Morgan fingerprint density at radius 2 is 2.22 bits per heavy atom. The van der Waals surface area contributed by atoms with E-state index in [2.05, 4.69) is 4.98 Å². The van der Waals surface area contributed by atoms with E-state index in [4.69, 9.17) is 10.5 Å². The number of hydrogen-bond donors (Lipinski definition) is 1. The summed E-state index contributed by atoms with van der Waals surface area (Å²) in [5.41, 5.74) is 6.22. The average molecular weight is 258 g/mol. The summed E-state index contributed by atoms with van der Waals surface area (Å²) in [6.07, 6.45) is -1.44. The minimum Gasteiger partial charge on any atom is -0.466 e. The third-order valence-corrected chi connectivity index (χ3v) is 2.55. The number of ether oxygens (including phenoxy) is 1. The molecule has 0 spiro atoms. The van der Waals surface area contributed by atoms with Crippen molar-refractivity contribution in [1.29, 1.82) is 0 Å². The molecule has 100 valence electrons. The lowest BCUT2D eigenvalue weighted by Gasteiger charge is -2.14. The number of aryl methyl sites for hydroxylation is 1. The number of aromatic nitrogens is 1. The van der Waals surface area contributed by atoms with Crippen LogP contribution >= 0.6 is 0 Å². The molecule has 0 fully saturated rings.